The number of nitrogens with zero attached hydrogens (tertiary/aromatic N) is 1. The highest BCUT2D eigenvalue weighted by Crippen LogP contribution is 2.10. The van der Waals surface area contributed by atoms with Crippen molar-refractivity contribution in [3.63, 3.8) is 0 Å². The van der Waals surface area contributed by atoms with Crippen molar-refractivity contribution in [3.8, 4) is 0 Å². The van der Waals surface area contributed by atoms with Crippen LogP contribution in [-0.4, -0.2) is 46.9 Å². The van der Waals surface area contributed by atoms with Gasteiger partial charge in [-0.2, -0.15) is 0 Å². The topological polar surface area (TPSA) is 127 Å². The van der Waals surface area contributed by atoms with Gasteiger partial charge in [-0.1, -0.05) is 0 Å². The van der Waals surface area contributed by atoms with E-state index in [0.29, 0.717) is 24.3 Å². The lowest BCUT2D eigenvalue weighted by atomic mass is 10.1. The molecule has 7 nitrogen and oxygen atoms in total. The summed E-state index contributed by atoms with van der Waals surface area (Å²) in [5, 5.41) is 9.02. The molecular weight excluding hydrogens is 226 g/mol. The predicted octanol–water partition coefficient (Wildman–Crippen LogP) is -1.10. The molecule has 0 spiro atoms. The Bertz CT molecular complexity index is 293. The van der Waals surface area contributed by atoms with E-state index in [1.807, 2.05) is 0 Å². The first kappa shape index (κ1) is 15.5. The summed E-state index contributed by atoms with van der Waals surface area (Å²) in [5.74, 6) is -2.50. The van der Waals surface area contributed by atoms with Crippen molar-refractivity contribution in [1.82, 2.24) is 4.90 Å². The summed E-state index contributed by atoms with van der Waals surface area (Å²) < 4.78 is 0. The van der Waals surface area contributed by atoms with E-state index in [2.05, 4.69) is 0 Å². The second kappa shape index (κ2) is 7.75. The molecule has 0 radical (unpaired) electrons. The van der Waals surface area contributed by atoms with Crippen LogP contribution in [0.15, 0.2) is 0 Å². The highest BCUT2D eigenvalue weighted by molar-refractivity contribution is 5.99. The molecule has 98 valence electrons. The molecule has 0 aromatic rings. The van der Waals surface area contributed by atoms with Crippen LogP contribution in [0.3, 0.4) is 0 Å². The number of rotatable bonds is 7. The van der Waals surface area contributed by atoms with Crippen molar-refractivity contribution in [3.05, 3.63) is 0 Å². The van der Waals surface area contributed by atoms with Crippen LogP contribution in [0.25, 0.3) is 0 Å². The van der Waals surface area contributed by atoms with Crippen molar-refractivity contribution in [2.45, 2.75) is 32.2 Å². The lowest BCUT2D eigenvalue weighted by Crippen LogP contribution is -2.50. The van der Waals surface area contributed by atoms with E-state index in [0.717, 1.165) is 6.92 Å². The largest absolute Gasteiger partial charge is 0.480 e. The molecule has 17 heavy (non-hydrogen) atoms. The van der Waals surface area contributed by atoms with Crippen molar-refractivity contribution in [2.24, 2.45) is 11.5 Å². The van der Waals surface area contributed by atoms with Crippen molar-refractivity contribution >= 4 is 17.8 Å². The standard InChI is InChI=1S/C10H19N3O4/c1-7(14)13(9(15)6-12)8(10(16)17)4-2-3-5-11/h8H,2-6,11-12H2,1H3,(H,16,17). The van der Waals surface area contributed by atoms with Crippen molar-refractivity contribution in [1.29, 1.82) is 0 Å². The van der Waals surface area contributed by atoms with E-state index in [9.17, 15) is 14.4 Å². The molecule has 0 fully saturated rings. The Hall–Kier alpha value is -1.47. The van der Waals surface area contributed by atoms with E-state index in [-0.39, 0.29) is 13.0 Å². The highest BCUT2D eigenvalue weighted by Gasteiger charge is 2.31. The number of carbonyl (C=O) groups excluding carboxylic acids is 2. The van der Waals surface area contributed by atoms with Crippen LogP contribution < -0.4 is 11.5 Å². The number of carbonyl (C=O) groups is 3. The zero-order valence-electron chi connectivity index (χ0n) is 9.89. The Morgan fingerprint density at radius 2 is 1.82 bits per heavy atom. The maximum Gasteiger partial charge on any atom is 0.326 e. The van der Waals surface area contributed by atoms with Gasteiger partial charge in [0.15, 0.2) is 0 Å². The second-order valence-electron chi connectivity index (χ2n) is 3.63. The number of hydrogen-bond donors (Lipinski definition) is 3. The minimum absolute atomic E-state index is 0.192. The minimum atomic E-state index is -1.21. The third-order valence-corrected chi connectivity index (χ3v) is 2.31. The van der Waals surface area contributed by atoms with Gasteiger partial charge < -0.3 is 16.6 Å². The lowest BCUT2D eigenvalue weighted by molar-refractivity contribution is -0.157. The Morgan fingerprint density at radius 1 is 1.24 bits per heavy atom. The maximum atomic E-state index is 11.4. The van der Waals surface area contributed by atoms with Gasteiger partial charge in [-0.15, -0.1) is 0 Å². The molecule has 0 saturated heterocycles. The number of nitrogens with two attached hydrogens (primary N) is 2. The summed E-state index contributed by atoms with van der Waals surface area (Å²) in [6.07, 6.45) is 1.37. The fourth-order valence-electron chi connectivity index (χ4n) is 1.51. The van der Waals surface area contributed by atoms with Gasteiger partial charge in [-0.25, -0.2) is 4.79 Å². The quantitative estimate of drug-likeness (QED) is 0.489. The molecule has 0 aromatic carbocycles. The molecule has 2 amide bonds. The van der Waals surface area contributed by atoms with E-state index in [1.165, 1.54) is 0 Å². The molecule has 7 heteroatoms. The fraction of sp³-hybridized carbons (Fsp3) is 0.700. The third kappa shape index (κ3) is 4.92. The lowest BCUT2D eigenvalue weighted by Gasteiger charge is -2.25. The zero-order chi connectivity index (χ0) is 13.4. The Labute approximate surface area is 99.7 Å². The molecule has 1 unspecified atom stereocenters. The molecule has 1 atom stereocenters. The van der Waals surface area contributed by atoms with Crippen LogP contribution in [0, 0.1) is 0 Å². The average Bonchev–Trinajstić information content (AvgIpc) is 2.26. The van der Waals surface area contributed by atoms with E-state index in [4.69, 9.17) is 16.6 Å². The highest BCUT2D eigenvalue weighted by atomic mass is 16.4. The van der Waals surface area contributed by atoms with Gasteiger partial charge in [0, 0.05) is 6.92 Å². The number of carboxylic acids is 1. The molecule has 0 bridgehead atoms. The van der Waals surface area contributed by atoms with Gasteiger partial charge in [0.25, 0.3) is 0 Å². The summed E-state index contributed by atoms with van der Waals surface area (Å²) in [6, 6.07) is -1.16. The molecule has 0 aliphatic rings. The SMILES string of the molecule is CC(=O)N(C(=O)CN)C(CCCCN)C(=O)O. The Morgan fingerprint density at radius 3 is 2.18 bits per heavy atom. The molecule has 0 aromatic heterocycles. The van der Waals surface area contributed by atoms with Crippen molar-refractivity contribution in [2.75, 3.05) is 13.1 Å². The number of unbranched alkanes of at least 4 members (excludes halogenated alkanes) is 1. The van der Waals surface area contributed by atoms with Crippen LogP contribution in [0.4, 0.5) is 0 Å². The third-order valence-electron chi connectivity index (χ3n) is 2.31. The summed E-state index contributed by atoms with van der Waals surface area (Å²) >= 11 is 0. The van der Waals surface area contributed by atoms with E-state index >= 15 is 0 Å². The van der Waals surface area contributed by atoms with E-state index < -0.39 is 23.8 Å². The number of imide groups is 1. The number of carboxylic acid groups (broad SMARTS) is 1. The van der Waals surface area contributed by atoms with Crippen LogP contribution in [0.5, 0.6) is 0 Å². The minimum Gasteiger partial charge on any atom is -0.480 e. The van der Waals surface area contributed by atoms with Gasteiger partial charge in [-0.05, 0) is 25.8 Å². The monoisotopic (exact) mass is 245 g/mol. The average molecular weight is 245 g/mol. The first-order valence-corrected chi connectivity index (χ1v) is 5.41. The van der Waals surface area contributed by atoms with Gasteiger partial charge in [-0.3, -0.25) is 14.5 Å². The van der Waals surface area contributed by atoms with Gasteiger partial charge in [0.2, 0.25) is 11.8 Å². The van der Waals surface area contributed by atoms with Gasteiger partial charge in [0.05, 0.1) is 6.54 Å². The second-order valence-corrected chi connectivity index (χ2v) is 3.63. The van der Waals surface area contributed by atoms with Crippen LogP contribution in [0.2, 0.25) is 0 Å². The zero-order valence-corrected chi connectivity index (χ0v) is 9.89. The number of amides is 2. The first-order chi connectivity index (χ1) is 7.95. The smallest absolute Gasteiger partial charge is 0.326 e. The fourth-order valence-corrected chi connectivity index (χ4v) is 1.51. The molecule has 0 saturated carbocycles. The predicted molar refractivity (Wildman–Crippen MR) is 60.9 cm³/mol. The van der Waals surface area contributed by atoms with Crippen LogP contribution >= 0.6 is 0 Å². The number of hydrogen-bond acceptors (Lipinski definition) is 5. The Kier molecular flexibility index (Phi) is 7.08. The maximum absolute atomic E-state index is 11.4. The molecule has 0 aliphatic carbocycles. The summed E-state index contributed by atoms with van der Waals surface area (Å²) in [7, 11) is 0. The summed E-state index contributed by atoms with van der Waals surface area (Å²) in [6.45, 7) is 1.20. The van der Waals surface area contributed by atoms with Crippen LogP contribution in [-0.2, 0) is 14.4 Å². The summed E-state index contributed by atoms with van der Waals surface area (Å²) in [5.41, 5.74) is 10.4. The number of aliphatic carboxylic acids is 1. The molecule has 0 aliphatic heterocycles. The first-order valence-electron chi connectivity index (χ1n) is 5.41. The molecular formula is C10H19N3O4. The Balaban J connectivity index is 4.78. The van der Waals surface area contributed by atoms with Gasteiger partial charge >= 0.3 is 5.97 Å². The molecule has 0 heterocycles. The summed E-state index contributed by atoms with van der Waals surface area (Å²) in [4.78, 5) is 34.5. The molecule has 5 N–H and O–H groups in total. The van der Waals surface area contributed by atoms with Crippen molar-refractivity contribution < 1.29 is 19.5 Å². The van der Waals surface area contributed by atoms with Crippen LogP contribution in [0.1, 0.15) is 26.2 Å². The van der Waals surface area contributed by atoms with E-state index in [1.54, 1.807) is 0 Å². The van der Waals surface area contributed by atoms with Gasteiger partial charge in [0.1, 0.15) is 6.04 Å². The molecule has 0 rings (SSSR count). The normalized spacial score (nSPS) is 11.9.